The van der Waals surface area contributed by atoms with Gasteiger partial charge in [-0.2, -0.15) is 0 Å². The molecular weight excluding hydrogens is 496 g/mol. The van der Waals surface area contributed by atoms with E-state index >= 15 is 0 Å². The van der Waals surface area contributed by atoms with Crippen LogP contribution in [0.3, 0.4) is 0 Å². The van der Waals surface area contributed by atoms with Crippen LogP contribution in [0.1, 0.15) is 31.2 Å². The Morgan fingerprint density at radius 1 is 0.839 bits per heavy atom. The van der Waals surface area contributed by atoms with Gasteiger partial charge in [0.25, 0.3) is 0 Å². The molecule has 0 spiro atoms. The van der Waals surface area contributed by atoms with Crippen LogP contribution < -0.4 is 10.6 Å². The molecule has 1 aliphatic rings. The molecule has 2 N–H and O–H groups in total. The molecule has 1 aromatic heterocycles. The van der Waals surface area contributed by atoms with Gasteiger partial charge in [0, 0.05) is 34.4 Å². The summed E-state index contributed by atoms with van der Waals surface area (Å²) in [5.41, 5.74) is 3.29. The fraction of sp³-hybridized carbons (Fsp3) is 0.348. The van der Waals surface area contributed by atoms with Gasteiger partial charge in [0.05, 0.1) is 15.6 Å². The number of benzene rings is 2. The van der Waals surface area contributed by atoms with Gasteiger partial charge in [0.1, 0.15) is 0 Å². The Labute approximate surface area is 211 Å². The maximum atomic E-state index is 6.10. The predicted octanol–water partition coefficient (Wildman–Crippen LogP) is 7.59. The van der Waals surface area contributed by atoms with E-state index in [1.807, 2.05) is 42.6 Å². The van der Waals surface area contributed by atoms with Crippen LogP contribution in [-0.2, 0) is 6.42 Å². The Morgan fingerprint density at radius 2 is 1.58 bits per heavy atom. The number of nitrogens with zero attached hydrogens (tertiary/aromatic N) is 1. The van der Waals surface area contributed by atoms with Crippen LogP contribution in [0.25, 0.3) is 10.9 Å². The number of anilines is 1. The molecule has 0 amide bonds. The van der Waals surface area contributed by atoms with Crippen molar-refractivity contribution in [1.82, 2.24) is 10.3 Å². The lowest BCUT2D eigenvalue weighted by Crippen LogP contribution is -2.37. The van der Waals surface area contributed by atoms with Gasteiger partial charge in [-0.1, -0.05) is 40.9 Å². The van der Waals surface area contributed by atoms with Crippen LogP contribution in [0.15, 0.2) is 48.7 Å². The fourth-order valence-electron chi connectivity index (χ4n) is 4.02. The van der Waals surface area contributed by atoms with Crippen molar-refractivity contribution in [3.05, 3.63) is 69.3 Å². The minimum Gasteiger partial charge on any atom is -0.382 e. The summed E-state index contributed by atoms with van der Waals surface area (Å²) in [6, 6.07) is 14.9. The first kappa shape index (κ1) is 26.3. The second-order valence-electron chi connectivity index (χ2n) is 7.67. The van der Waals surface area contributed by atoms with Crippen LogP contribution in [0, 0.1) is 0 Å². The lowest BCUT2D eigenvalue weighted by atomic mass is 9.90. The molecule has 0 unspecified atom stereocenters. The Morgan fingerprint density at radius 3 is 2.32 bits per heavy atom. The summed E-state index contributed by atoms with van der Waals surface area (Å²) in [6.45, 7) is 0.955. The van der Waals surface area contributed by atoms with Crippen molar-refractivity contribution in [3.63, 3.8) is 0 Å². The molecule has 168 valence electrons. The summed E-state index contributed by atoms with van der Waals surface area (Å²) < 4.78 is 0. The first-order valence-corrected chi connectivity index (χ1v) is 11.2. The molecule has 1 heterocycles. The largest absolute Gasteiger partial charge is 0.382 e. The Kier molecular flexibility index (Phi) is 10.5. The summed E-state index contributed by atoms with van der Waals surface area (Å²) in [5.74, 6) is 0. The van der Waals surface area contributed by atoms with Crippen molar-refractivity contribution in [2.24, 2.45) is 0 Å². The van der Waals surface area contributed by atoms with Gasteiger partial charge in [-0.05, 0) is 80.6 Å². The van der Waals surface area contributed by atoms with Gasteiger partial charge in [-0.15, -0.1) is 24.8 Å². The third-order valence-electron chi connectivity index (χ3n) is 5.62. The molecule has 8 heteroatoms. The third-order valence-corrected chi connectivity index (χ3v) is 6.60. The van der Waals surface area contributed by atoms with Crippen molar-refractivity contribution in [1.29, 1.82) is 0 Å². The summed E-state index contributed by atoms with van der Waals surface area (Å²) in [4.78, 5) is 4.43. The number of hydrogen-bond acceptors (Lipinski definition) is 3. The second kappa shape index (κ2) is 12.3. The van der Waals surface area contributed by atoms with Gasteiger partial charge in [0.2, 0.25) is 0 Å². The lowest BCUT2D eigenvalue weighted by molar-refractivity contribution is 0.356. The number of rotatable bonds is 6. The van der Waals surface area contributed by atoms with E-state index in [1.165, 1.54) is 18.4 Å². The first-order valence-electron chi connectivity index (χ1n) is 10.1. The zero-order valence-electron chi connectivity index (χ0n) is 16.9. The van der Waals surface area contributed by atoms with Crippen molar-refractivity contribution in [3.8, 4) is 0 Å². The number of nitrogens with one attached hydrogen (secondary N) is 2. The summed E-state index contributed by atoms with van der Waals surface area (Å²) >= 11 is 18.2. The van der Waals surface area contributed by atoms with E-state index in [0.717, 1.165) is 47.4 Å². The average molecular weight is 522 g/mol. The molecule has 0 saturated heterocycles. The molecule has 0 aliphatic heterocycles. The number of pyridine rings is 1. The number of halogens is 5. The lowest BCUT2D eigenvalue weighted by Gasteiger charge is -2.30. The molecule has 0 bridgehead atoms. The second-order valence-corrected chi connectivity index (χ2v) is 8.92. The Balaban J connectivity index is 0.00000171. The Hall–Kier alpha value is -0.940. The molecule has 4 rings (SSSR count). The average Bonchev–Trinajstić information content (AvgIpc) is 2.72. The van der Waals surface area contributed by atoms with E-state index < -0.39 is 0 Å². The molecule has 0 atom stereocenters. The molecule has 0 radical (unpaired) electrons. The van der Waals surface area contributed by atoms with E-state index in [9.17, 15) is 0 Å². The van der Waals surface area contributed by atoms with E-state index in [4.69, 9.17) is 34.8 Å². The number of hydrogen-bond donors (Lipinski definition) is 2. The van der Waals surface area contributed by atoms with Crippen LogP contribution in [0.2, 0.25) is 15.1 Å². The van der Waals surface area contributed by atoms with E-state index in [1.54, 1.807) is 0 Å². The SMILES string of the molecule is Cl.Cl.Clc1ccc2c(N[C@H]3CC[C@H](NCCc4ccc(Cl)c(Cl)c4)CC3)ccnc2c1. The van der Waals surface area contributed by atoms with E-state index in [0.29, 0.717) is 22.1 Å². The minimum absolute atomic E-state index is 0. The maximum absolute atomic E-state index is 6.10. The van der Waals surface area contributed by atoms with Crippen molar-refractivity contribution in [2.75, 3.05) is 11.9 Å². The highest BCUT2D eigenvalue weighted by Crippen LogP contribution is 2.28. The van der Waals surface area contributed by atoms with Crippen molar-refractivity contribution in [2.45, 2.75) is 44.2 Å². The first-order chi connectivity index (χ1) is 14.1. The van der Waals surface area contributed by atoms with Gasteiger partial charge < -0.3 is 10.6 Å². The third kappa shape index (κ3) is 7.02. The zero-order chi connectivity index (χ0) is 20.2. The highest BCUT2D eigenvalue weighted by Gasteiger charge is 2.21. The van der Waals surface area contributed by atoms with Crippen LogP contribution in [0.4, 0.5) is 5.69 Å². The van der Waals surface area contributed by atoms with E-state index in [2.05, 4.69) is 21.7 Å². The zero-order valence-corrected chi connectivity index (χ0v) is 20.8. The normalized spacial score (nSPS) is 18.2. The van der Waals surface area contributed by atoms with E-state index in [-0.39, 0.29) is 24.8 Å². The highest BCUT2D eigenvalue weighted by atomic mass is 35.5. The molecule has 2 aromatic carbocycles. The van der Waals surface area contributed by atoms with Crippen molar-refractivity contribution >= 4 is 76.2 Å². The van der Waals surface area contributed by atoms with Gasteiger partial charge in [-0.25, -0.2) is 0 Å². The number of aromatic nitrogens is 1. The standard InChI is InChI=1S/C23H24Cl3N3.2ClH/c24-16-2-7-19-22(10-12-28-23(19)14-16)29-18-5-3-17(4-6-18)27-11-9-15-1-8-20(25)21(26)13-15;;/h1-2,7-8,10,12-14,17-18,27H,3-6,9,11H2,(H,28,29);2*1H/t17-,18-;;. The van der Waals surface area contributed by atoms with Crippen molar-refractivity contribution < 1.29 is 0 Å². The molecule has 3 aromatic rings. The molecule has 3 nitrogen and oxygen atoms in total. The monoisotopic (exact) mass is 519 g/mol. The maximum Gasteiger partial charge on any atom is 0.0737 e. The van der Waals surface area contributed by atoms with Gasteiger partial charge in [0.15, 0.2) is 0 Å². The highest BCUT2D eigenvalue weighted by molar-refractivity contribution is 6.42. The fourth-order valence-corrected chi connectivity index (χ4v) is 4.51. The quantitative estimate of drug-likeness (QED) is 0.351. The smallest absolute Gasteiger partial charge is 0.0737 e. The topological polar surface area (TPSA) is 37.0 Å². The summed E-state index contributed by atoms with van der Waals surface area (Å²) in [6.07, 6.45) is 7.46. The van der Waals surface area contributed by atoms with Crippen LogP contribution in [-0.4, -0.2) is 23.6 Å². The summed E-state index contributed by atoms with van der Waals surface area (Å²) in [7, 11) is 0. The molecule has 1 saturated carbocycles. The molecular formula is C23H26Cl5N3. The van der Waals surface area contributed by atoms with Gasteiger partial charge >= 0.3 is 0 Å². The van der Waals surface area contributed by atoms with Crippen LogP contribution >= 0.6 is 59.6 Å². The number of fused-ring (bicyclic) bond motifs is 1. The molecule has 1 aliphatic carbocycles. The van der Waals surface area contributed by atoms with Gasteiger partial charge in [-0.3, -0.25) is 4.98 Å². The summed E-state index contributed by atoms with van der Waals surface area (Å²) in [5, 5.41) is 10.5. The minimum atomic E-state index is 0. The Bertz CT molecular complexity index is 990. The molecule has 1 fully saturated rings. The molecule has 31 heavy (non-hydrogen) atoms. The van der Waals surface area contributed by atoms with Crippen LogP contribution in [0.5, 0.6) is 0 Å². The predicted molar refractivity (Wildman–Crippen MR) is 139 cm³/mol.